The van der Waals surface area contributed by atoms with Crippen LogP contribution in [0.1, 0.15) is 10.4 Å². The van der Waals surface area contributed by atoms with Crippen LogP contribution in [0.5, 0.6) is 0 Å². The van der Waals surface area contributed by atoms with Crippen LogP contribution in [0.2, 0.25) is 0 Å². The second kappa shape index (κ2) is 6.00. The highest BCUT2D eigenvalue weighted by Crippen LogP contribution is 2.16. The van der Waals surface area contributed by atoms with E-state index in [1.807, 2.05) is 0 Å². The highest BCUT2D eigenvalue weighted by molar-refractivity contribution is 6.04. The summed E-state index contributed by atoms with van der Waals surface area (Å²) < 4.78 is 39.1. The molecule has 0 saturated carbocycles. The number of hydrogen-bond donors (Lipinski definition) is 0. The third kappa shape index (κ3) is 4.40. The van der Waals surface area contributed by atoms with Gasteiger partial charge in [0.1, 0.15) is 6.61 Å². The molecular formula is C12H9F3O3. The third-order valence-electron chi connectivity index (χ3n) is 1.87. The molecule has 0 fully saturated rings. The molecule has 0 aliphatic heterocycles. The SMILES string of the molecule is O=C(/C=C/COC(=O)C(F)(F)F)c1ccccc1. The number of rotatable bonds is 4. The lowest BCUT2D eigenvalue weighted by Gasteiger charge is -2.04. The first-order valence-corrected chi connectivity index (χ1v) is 4.91. The number of carbonyl (C=O) groups is 2. The van der Waals surface area contributed by atoms with Gasteiger partial charge in [-0.25, -0.2) is 4.79 Å². The van der Waals surface area contributed by atoms with Crippen molar-refractivity contribution in [1.29, 1.82) is 0 Å². The molecule has 0 radical (unpaired) electrons. The molecule has 1 aromatic rings. The average Bonchev–Trinajstić information content (AvgIpc) is 2.34. The number of alkyl halides is 3. The lowest BCUT2D eigenvalue weighted by Crippen LogP contribution is -2.25. The van der Waals surface area contributed by atoms with Gasteiger partial charge in [0, 0.05) is 5.56 Å². The van der Waals surface area contributed by atoms with Gasteiger partial charge in [-0.2, -0.15) is 13.2 Å². The van der Waals surface area contributed by atoms with Crippen LogP contribution >= 0.6 is 0 Å². The maximum Gasteiger partial charge on any atom is 0.490 e. The fraction of sp³-hybridized carbons (Fsp3) is 0.167. The van der Waals surface area contributed by atoms with Crippen LogP contribution in [-0.4, -0.2) is 24.5 Å². The molecule has 3 nitrogen and oxygen atoms in total. The number of esters is 1. The molecule has 1 aromatic carbocycles. The quantitative estimate of drug-likeness (QED) is 0.473. The zero-order chi connectivity index (χ0) is 13.6. The van der Waals surface area contributed by atoms with Crippen molar-refractivity contribution < 1.29 is 27.5 Å². The Morgan fingerprint density at radius 2 is 1.78 bits per heavy atom. The highest BCUT2D eigenvalue weighted by atomic mass is 19.4. The Bertz CT molecular complexity index is 449. The van der Waals surface area contributed by atoms with Gasteiger partial charge in [0.2, 0.25) is 0 Å². The Hall–Kier alpha value is -2.11. The topological polar surface area (TPSA) is 43.4 Å². The van der Waals surface area contributed by atoms with Crippen LogP contribution in [0.3, 0.4) is 0 Å². The molecule has 18 heavy (non-hydrogen) atoms. The Morgan fingerprint density at radius 1 is 1.17 bits per heavy atom. The lowest BCUT2D eigenvalue weighted by atomic mass is 10.1. The van der Waals surface area contributed by atoms with Crippen molar-refractivity contribution in [2.75, 3.05) is 6.61 Å². The van der Waals surface area contributed by atoms with Gasteiger partial charge >= 0.3 is 12.1 Å². The molecule has 0 aliphatic carbocycles. The van der Waals surface area contributed by atoms with E-state index in [9.17, 15) is 22.8 Å². The van der Waals surface area contributed by atoms with Crippen LogP contribution in [0.15, 0.2) is 42.5 Å². The first kappa shape index (κ1) is 14.0. The molecule has 0 heterocycles. The Balaban J connectivity index is 2.43. The minimum Gasteiger partial charge on any atom is -0.455 e. The molecule has 6 heteroatoms. The number of benzene rings is 1. The van der Waals surface area contributed by atoms with E-state index >= 15 is 0 Å². The second-order valence-corrected chi connectivity index (χ2v) is 3.23. The van der Waals surface area contributed by atoms with E-state index in [1.54, 1.807) is 30.3 Å². The van der Waals surface area contributed by atoms with Crippen molar-refractivity contribution in [1.82, 2.24) is 0 Å². The van der Waals surface area contributed by atoms with Gasteiger partial charge in [0.05, 0.1) is 0 Å². The largest absolute Gasteiger partial charge is 0.490 e. The fourth-order valence-corrected chi connectivity index (χ4v) is 1.06. The van der Waals surface area contributed by atoms with Gasteiger partial charge in [-0.15, -0.1) is 0 Å². The van der Waals surface area contributed by atoms with Gasteiger partial charge in [-0.1, -0.05) is 30.3 Å². The van der Waals surface area contributed by atoms with Gasteiger partial charge in [0.25, 0.3) is 0 Å². The minimum atomic E-state index is -5.02. The summed E-state index contributed by atoms with van der Waals surface area (Å²) in [6, 6.07) is 8.17. The molecule has 0 N–H and O–H groups in total. The summed E-state index contributed by atoms with van der Waals surface area (Å²) in [5.74, 6) is -2.65. The van der Waals surface area contributed by atoms with Crippen molar-refractivity contribution in [2.24, 2.45) is 0 Å². The van der Waals surface area contributed by atoms with E-state index in [4.69, 9.17) is 0 Å². The number of allylic oxidation sites excluding steroid dienone is 1. The highest BCUT2D eigenvalue weighted by Gasteiger charge is 2.40. The molecule has 0 atom stereocenters. The molecule has 1 rings (SSSR count). The van der Waals surface area contributed by atoms with Crippen LogP contribution in [0.25, 0.3) is 0 Å². The first-order valence-electron chi connectivity index (χ1n) is 4.91. The van der Waals surface area contributed by atoms with E-state index in [0.29, 0.717) is 5.56 Å². The summed E-state index contributed by atoms with van der Waals surface area (Å²) in [4.78, 5) is 21.7. The van der Waals surface area contributed by atoms with Crippen molar-refractivity contribution in [3.8, 4) is 0 Å². The van der Waals surface area contributed by atoms with E-state index in [2.05, 4.69) is 4.74 Å². The Kier molecular flexibility index (Phi) is 4.65. The number of halogens is 3. The average molecular weight is 258 g/mol. The zero-order valence-corrected chi connectivity index (χ0v) is 9.11. The first-order chi connectivity index (χ1) is 8.41. The smallest absolute Gasteiger partial charge is 0.455 e. The van der Waals surface area contributed by atoms with Crippen LogP contribution < -0.4 is 0 Å². The molecular weight excluding hydrogens is 249 g/mol. The van der Waals surface area contributed by atoms with E-state index in [-0.39, 0.29) is 5.78 Å². The van der Waals surface area contributed by atoms with Gasteiger partial charge < -0.3 is 4.74 Å². The van der Waals surface area contributed by atoms with Crippen molar-refractivity contribution in [3.63, 3.8) is 0 Å². The van der Waals surface area contributed by atoms with Gasteiger partial charge in [-0.3, -0.25) is 4.79 Å². The molecule has 0 unspecified atom stereocenters. The second-order valence-electron chi connectivity index (χ2n) is 3.23. The molecule has 0 amide bonds. The van der Waals surface area contributed by atoms with E-state index < -0.39 is 18.8 Å². The Labute approximate surface area is 101 Å². The summed E-state index contributed by atoms with van der Waals surface area (Å²) >= 11 is 0. The molecule has 0 aromatic heterocycles. The van der Waals surface area contributed by atoms with Crippen LogP contribution in [0.4, 0.5) is 13.2 Å². The maximum atomic E-state index is 11.7. The van der Waals surface area contributed by atoms with Crippen molar-refractivity contribution in [2.45, 2.75) is 6.18 Å². The monoisotopic (exact) mass is 258 g/mol. The molecule has 0 spiro atoms. The molecule has 0 saturated heterocycles. The fourth-order valence-electron chi connectivity index (χ4n) is 1.06. The van der Waals surface area contributed by atoms with Gasteiger partial charge in [0.15, 0.2) is 5.78 Å². The predicted molar refractivity (Wildman–Crippen MR) is 56.9 cm³/mol. The number of ketones is 1. The van der Waals surface area contributed by atoms with E-state index in [1.165, 1.54) is 0 Å². The number of hydrogen-bond acceptors (Lipinski definition) is 3. The molecule has 0 bridgehead atoms. The standard InChI is InChI=1S/C12H9F3O3/c13-12(14,15)11(17)18-8-4-7-10(16)9-5-2-1-3-6-9/h1-7H,8H2/b7-4+. The summed E-state index contributed by atoms with van der Waals surface area (Å²) in [6.45, 7) is -0.600. The normalized spacial score (nSPS) is 11.5. The Morgan fingerprint density at radius 3 is 2.33 bits per heavy atom. The molecule has 96 valence electrons. The summed E-state index contributed by atoms with van der Waals surface area (Å²) in [6.07, 6.45) is -2.91. The van der Waals surface area contributed by atoms with Crippen molar-refractivity contribution in [3.05, 3.63) is 48.0 Å². The van der Waals surface area contributed by atoms with Crippen molar-refractivity contribution >= 4 is 11.8 Å². The van der Waals surface area contributed by atoms with Gasteiger partial charge in [-0.05, 0) is 12.2 Å². The predicted octanol–water partition coefficient (Wildman–Crippen LogP) is 2.53. The summed E-state index contributed by atoms with van der Waals surface area (Å²) in [5.41, 5.74) is 0.399. The third-order valence-corrected chi connectivity index (χ3v) is 1.87. The van der Waals surface area contributed by atoms with E-state index in [0.717, 1.165) is 12.2 Å². The number of ether oxygens (including phenoxy) is 1. The number of carbonyl (C=O) groups excluding carboxylic acids is 2. The molecule has 0 aliphatic rings. The lowest BCUT2D eigenvalue weighted by molar-refractivity contribution is -0.198. The maximum absolute atomic E-state index is 11.7. The zero-order valence-electron chi connectivity index (χ0n) is 9.11. The summed E-state index contributed by atoms with van der Waals surface area (Å²) in [5, 5.41) is 0. The van der Waals surface area contributed by atoms with Crippen LogP contribution in [-0.2, 0) is 9.53 Å². The van der Waals surface area contributed by atoms with Crippen LogP contribution in [0, 0.1) is 0 Å². The minimum absolute atomic E-state index is 0.376. The summed E-state index contributed by atoms with van der Waals surface area (Å²) in [7, 11) is 0.